The van der Waals surface area contributed by atoms with Gasteiger partial charge in [-0.2, -0.15) is 0 Å². The summed E-state index contributed by atoms with van der Waals surface area (Å²) in [6, 6.07) is 2.37. The predicted molar refractivity (Wildman–Crippen MR) is 82.1 cm³/mol. The van der Waals surface area contributed by atoms with E-state index < -0.39 is 17.5 Å². The molecular formula is C19H25F3. The van der Waals surface area contributed by atoms with E-state index in [0.717, 1.165) is 43.4 Å². The molecule has 0 atom stereocenters. The van der Waals surface area contributed by atoms with Gasteiger partial charge in [-0.3, -0.25) is 0 Å². The molecule has 2 aliphatic rings. The SMILES string of the molecule is C[C@H]1CC[C@H]([C@H]2CC[C@H](c3cc(F)c(F)c(F)c3)CC2)CC1. The van der Waals surface area contributed by atoms with Gasteiger partial charge < -0.3 is 0 Å². The van der Waals surface area contributed by atoms with Gasteiger partial charge in [-0.15, -0.1) is 0 Å². The van der Waals surface area contributed by atoms with Gasteiger partial charge in [-0.05, 0) is 79.9 Å². The first-order valence-corrected chi connectivity index (χ1v) is 8.69. The zero-order chi connectivity index (χ0) is 15.7. The molecule has 2 aliphatic carbocycles. The molecule has 0 saturated heterocycles. The van der Waals surface area contributed by atoms with Crippen LogP contribution in [0.25, 0.3) is 0 Å². The van der Waals surface area contributed by atoms with Crippen molar-refractivity contribution in [3.8, 4) is 0 Å². The lowest BCUT2D eigenvalue weighted by molar-refractivity contribution is 0.165. The summed E-state index contributed by atoms with van der Waals surface area (Å²) >= 11 is 0. The molecule has 0 unspecified atom stereocenters. The molecule has 0 amide bonds. The third-order valence-corrected chi connectivity index (χ3v) is 5.98. The second-order valence-electron chi connectivity index (χ2n) is 7.43. The molecule has 2 fully saturated rings. The van der Waals surface area contributed by atoms with Gasteiger partial charge in [0.2, 0.25) is 0 Å². The first kappa shape index (κ1) is 15.9. The highest BCUT2D eigenvalue weighted by Gasteiger charge is 2.30. The molecule has 0 aromatic heterocycles. The highest BCUT2D eigenvalue weighted by Crippen LogP contribution is 2.44. The van der Waals surface area contributed by atoms with Crippen molar-refractivity contribution in [1.29, 1.82) is 0 Å². The average molecular weight is 310 g/mol. The van der Waals surface area contributed by atoms with Gasteiger partial charge in [0.25, 0.3) is 0 Å². The van der Waals surface area contributed by atoms with Crippen LogP contribution in [0.3, 0.4) is 0 Å². The van der Waals surface area contributed by atoms with E-state index in [1.165, 1.54) is 37.8 Å². The van der Waals surface area contributed by atoms with Crippen molar-refractivity contribution in [2.45, 2.75) is 64.2 Å². The Balaban J connectivity index is 1.60. The van der Waals surface area contributed by atoms with Crippen LogP contribution in [0.5, 0.6) is 0 Å². The molecule has 0 spiro atoms. The molecule has 0 bridgehead atoms. The van der Waals surface area contributed by atoms with Crippen LogP contribution in [-0.4, -0.2) is 0 Å². The van der Waals surface area contributed by atoms with E-state index in [-0.39, 0.29) is 5.92 Å². The molecule has 0 N–H and O–H groups in total. The van der Waals surface area contributed by atoms with Gasteiger partial charge >= 0.3 is 0 Å². The molecule has 3 heteroatoms. The van der Waals surface area contributed by atoms with Crippen molar-refractivity contribution < 1.29 is 13.2 Å². The monoisotopic (exact) mass is 310 g/mol. The third-order valence-electron chi connectivity index (χ3n) is 5.98. The van der Waals surface area contributed by atoms with Crippen LogP contribution >= 0.6 is 0 Å². The Labute approximate surface area is 131 Å². The predicted octanol–water partition coefficient (Wildman–Crippen LogP) is 6.20. The second-order valence-corrected chi connectivity index (χ2v) is 7.43. The van der Waals surface area contributed by atoms with Gasteiger partial charge in [0.1, 0.15) is 0 Å². The lowest BCUT2D eigenvalue weighted by Gasteiger charge is -2.37. The summed E-state index contributed by atoms with van der Waals surface area (Å²) in [7, 11) is 0. The summed E-state index contributed by atoms with van der Waals surface area (Å²) < 4.78 is 39.8. The van der Waals surface area contributed by atoms with E-state index in [1.807, 2.05) is 0 Å². The van der Waals surface area contributed by atoms with Crippen LogP contribution in [-0.2, 0) is 0 Å². The van der Waals surface area contributed by atoms with E-state index >= 15 is 0 Å². The number of hydrogen-bond donors (Lipinski definition) is 0. The maximum Gasteiger partial charge on any atom is 0.194 e. The molecule has 0 radical (unpaired) electrons. The van der Waals surface area contributed by atoms with Crippen molar-refractivity contribution in [2.75, 3.05) is 0 Å². The van der Waals surface area contributed by atoms with Gasteiger partial charge in [-0.25, -0.2) is 13.2 Å². The van der Waals surface area contributed by atoms with Crippen LogP contribution in [0.2, 0.25) is 0 Å². The standard InChI is InChI=1S/C19H25F3/c1-12-2-4-13(5-3-12)14-6-8-15(9-7-14)16-10-17(20)19(22)18(21)11-16/h10-15H,2-9H2,1H3/t12-,13-,14-,15-. The molecule has 1 aromatic carbocycles. The summed E-state index contributed by atoms with van der Waals surface area (Å²) in [5, 5.41) is 0. The Morgan fingerprint density at radius 1 is 0.727 bits per heavy atom. The zero-order valence-corrected chi connectivity index (χ0v) is 13.3. The molecule has 22 heavy (non-hydrogen) atoms. The minimum Gasteiger partial charge on any atom is -0.204 e. The number of hydrogen-bond acceptors (Lipinski definition) is 0. The average Bonchev–Trinajstić information content (AvgIpc) is 2.53. The Morgan fingerprint density at radius 3 is 1.68 bits per heavy atom. The lowest BCUT2D eigenvalue weighted by Crippen LogP contribution is -2.24. The minimum atomic E-state index is -1.35. The van der Waals surface area contributed by atoms with Crippen LogP contribution in [0.1, 0.15) is 69.8 Å². The van der Waals surface area contributed by atoms with Gasteiger partial charge in [0, 0.05) is 0 Å². The van der Waals surface area contributed by atoms with Crippen molar-refractivity contribution in [1.82, 2.24) is 0 Å². The van der Waals surface area contributed by atoms with Crippen LogP contribution in [0.15, 0.2) is 12.1 Å². The molecule has 0 nitrogen and oxygen atoms in total. The van der Waals surface area contributed by atoms with Crippen molar-refractivity contribution >= 4 is 0 Å². The van der Waals surface area contributed by atoms with Crippen LogP contribution in [0.4, 0.5) is 13.2 Å². The Bertz CT molecular complexity index is 486. The number of rotatable bonds is 2. The highest BCUT2D eigenvalue weighted by atomic mass is 19.2. The van der Waals surface area contributed by atoms with Gasteiger partial charge in [0.15, 0.2) is 17.5 Å². The third kappa shape index (κ3) is 3.33. The largest absolute Gasteiger partial charge is 0.204 e. The van der Waals surface area contributed by atoms with E-state index in [2.05, 4.69) is 6.92 Å². The fraction of sp³-hybridized carbons (Fsp3) is 0.684. The van der Waals surface area contributed by atoms with Gasteiger partial charge in [-0.1, -0.05) is 19.8 Å². The number of benzene rings is 1. The summed E-state index contributed by atoms with van der Waals surface area (Å²) in [6.07, 6.45) is 9.61. The molecule has 0 aliphatic heterocycles. The van der Waals surface area contributed by atoms with E-state index in [0.29, 0.717) is 5.56 Å². The van der Waals surface area contributed by atoms with Gasteiger partial charge in [0.05, 0.1) is 0 Å². The van der Waals surface area contributed by atoms with Crippen LogP contribution in [0, 0.1) is 35.2 Å². The van der Waals surface area contributed by atoms with Crippen molar-refractivity contribution in [3.05, 3.63) is 35.1 Å². The maximum absolute atomic E-state index is 13.4. The summed E-state index contributed by atoms with van der Waals surface area (Å²) in [6.45, 7) is 2.34. The normalized spacial score (nSPS) is 32.9. The number of halogens is 3. The molecule has 122 valence electrons. The molecular weight excluding hydrogens is 285 g/mol. The minimum absolute atomic E-state index is 0.184. The molecule has 1 aromatic rings. The fourth-order valence-electron chi connectivity index (χ4n) is 4.49. The maximum atomic E-state index is 13.4. The second kappa shape index (κ2) is 6.64. The zero-order valence-electron chi connectivity index (χ0n) is 13.3. The quantitative estimate of drug-likeness (QED) is 0.570. The van der Waals surface area contributed by atoms with E-state index in [1.54, 1.807) is 0 Å². The van der Waals surface area contributed by atoms with E-state index in [9.17, 15) is 13.2 Å². The molecule has 2 saturated carbocycles. The summed E-state index contributed by atoms with van der Waals surface area (Å²) in [4.78, 5) is 0. The van der Waals surface area contributed by atoms with Crippen LogP contribution < -0.4 is 0 Å². The topological polar surface area (TPSA) is 0 Å². The molecule has 3 rings (SSSR count). The van der Waals surface area contributed by atoms with Crippen molar-refractivity contribution in [2.24, 2.45) is 17.8 Å². The highest BCUT2D eigenvalue weighted by molar-refractivity contribution is 5.23. The Hall–Kier alpha value is -0.990. The smallest absolute Gasteiger partial charge is 0.194 e. The summed E-state index contributed by atoms with van der Waals surface area (Å²) in [5.41, 5.74) is 0.632. The first-order chi connectivity index (χ1) is 10.5. The molecule has 0 heterocycles. The fourth-order valence-corrected chi connectivity index (χ4v) is 4.49. The van der Waals surface area contributed by atoms with Crippen molar-refractivity contribution in [3.63, 3.8) is 0 Å². The summed E-state index contributed by atoms with van der Waals surface area (Å²) in [5.74, 6) is -0.788. The first-order valence-electron chi connectivity index (χ1n) is 8.69. The lowest BCUT2D eigenvalue weighted by atomic mass is 9.68. The Morgan fingerprint density at radius 2 is 1.18 bits per heavy atom. The van der Waals surface area contributed by atoms with E-state index in [4.69, 9.17) is 0 Å². The Kier molecular flexibility index (Phi) is 4.79.